The van der Waals surface area contributed by atoms with Gasteiger partial charge in [-0.3, -0.25) is 10.3 Å². The summed E-state index contributed by atoms with van der Waals surface area (Å²) in [7, 11) is 0. The molecule has 0 aromatic carbocycles. The van der Waals surface area contributed by atoms with Gasteiger partial charge < -0.3 is 5.11 Å². The lowest BCUT2D eigenvalue weighted by Crippen LogP contribution is -2.47. The fraction of sp³-hybridized carbons (Fsp3) is 0.889. The second-order valence-corrected chi connectivity index (χ2v) is 5.38. The molecule has 0 aromatic rings. The summed E-state index contributed by atoms with van der Waals surface area (Å²) in [6.45, 7) is 8.55. The van der Waals surface area contributed by atoms with E-state index in [2.05, 4.69) is 38.0 Å². The first kappa shape index (κ1) is 11.0. The average molecular weight is 202 g/mol. The Bertz CT molecular complexity index is 224. The normalized spacial score (nSPS) is 24.5. The van der Waals surface area contributed by atoms with Crippen molar-refractivity contribution < 1.29 is 5.11 Å². The van der Waals surface area contributed by atoms with Crippen molar-refractivity contribution in [1.82, 2.24) is 5.32 Å². The molecule has 76 valence electrons. The Morgan fingerprint density at radius 2 is 2.00 bits per heavy atom. The monoisotopic (exact) mass is 202 g/mol. The van der Waals surface area contributed by atoms with Crippen molar-refractivity contribution in [3.8, 4) is 0 Å². The Balaban J connectivity index is 2.69. The van der Waals surface area contributed by atoms with Crippen LogP contribution in [0.4, 0.5) is 0 Å². The van der Waals surface area contributed by atoms with E-state index >= 15 is 0 Å². The number of nitrogens with one attached hydrogen (secondary N) is 1. The second-order valence-electron chi connectivity index (χ2n) is 4.30. The lowest BCUT2D eigenvalue weighted by Gasteiger charge is -2.24. The third kappa shape index (κ3) is 2.69. The third-order valence-corrected chi connectivity index (χ3v) is 3.13. The topological polar surface area (TPSA) is 44.6 Å². The van der Waals surface area contributed by atoms with Crippen LogP contribution in [0.15, 0.2) is 4.99 Å². The van der Waals surface area contributed by atoms with Gasteiger partial charge in [0.15, 0.2) is 0 Å². The zero-order valence-corrected chi connectivity index (χ0v) is 9.53. The van der Waals surface area contributed by atoms with Crippen LogP contribution in [0.1, 0.15) is 27.7 Å². The van der Waals surface area contributed by atoms with Gasteiger partial charge in [-0.1, -0.05) is 0 Å². The molecule has 0 aliphatic carbocycles. The molecule has 0 aromatic heterocycles. The molecule has 2 N–H and O–H groups in total. The Hall–Kier alpha value is -0.0600. The fourth-order valence-corrected chi connectivity index (χ4v) is 2.58. The zero-order valence-electron chi connectivity index (χ0n) is 8.72. The van der Waals surface area contributed by atoms with E-state index in [-0.39, 0.29) is 17.8 Å². The first-order chi connectivity index (χ1) is 5.87. The molecule has 0 saturated heterocycles. The van der Waals surface area contributed by atoms with Crippen LogP contribution in [0, 0.1) is 0 Å². The number of aliphatic hydroxyl groups is 1. The number of hydrogen-bond acceptors (Lipinski definition) is 4. The highest BCUT2D eigenvalue weighted by Crippen LogP contribution is 2.28. The Labute approximate surface area is 84.0 Å². The van der Waals surface area contributed by atoms with Gasteiger partial charge in [0.2, 0.25) is 0 Å². The largest absolute Gasteiger partial charge is 0.396 e. The zero-order chi connectivity index (χ0) is 10.1. The van der Waals surface area contributed by atoms with E-state index in [9.17, 15) is 0 Å². The molecule has 0 bridgehead atoms. The summed E-state index contributed by atoms with van der Waals surface area (Å²) in [5, 5.41) is 13.2. The van der Waals surface area contributed by atoms with Crippen molar-refractivity contribution in [1.29, 1.82) is 0 Å². The Morgan fingerprint density at radius 1 is 1.38 bits per heavy atom. The highest BCUT2D eigenvalue weighted by Gasteiger charge is 2.38. The predicted molar refractivity (Wildman–Crippen MR) is 58.3 cm³/mol. The molecular formula is C9H18N2OS. The van der Waals surface area contributed by atoms with Gasteiger partial charge in [0, 0.05) is 5.75 Å². The highest BCUT2D eigenvalue weighted by atomic mass is 32.2. The van der Waals surface area contributed by atoms with Gasteiger partial charge in [0.1, 0.15) is 5.66 Å². The summed E-state index contributed by atoms with van der Waals surface area (Å²) >= 11 is 1.63. The van der Waals surface area contributed by atoms with Gasteiger partial charge in [-0.15, -0.1) is 11.8 Å². The van der Waals surface area contributed by atoms with Gasteiger partial charge in [-0.2, -0.15) is 0 Å². The third-order valence-electron chi connectivity index (χ3n) is 1.86. The van der Waals surface area contributed by atoms with Crippen molar-refractivity contribution in [3.05, 3.63) is 0 Å². The second kappa shape index (κ2) is 3.59. The van der Waals surface area contributed by atoms with Gasteiger partial charge in [0.25, 0.3) is 0 Å². The molecule has 0 saturated carbocycles. The molecule has 13 heavy (non-hydrogen) atoms. The minimum atomic E-state index is -0.165. The van der Waals surface area contributed by atoms with E-state index in [1.165, 1.54) is 0 Å². The lowest BCUT2D eigenvalue weighted by molar-refractivity contribution is 0.323. The maximum absolute atomic E-state index is 8.73. The average Bonchev–Trinajstić information content (AvgIpc) is 2.14. The van der Waals surface area contributed by atoms with Crippen molar-refractivity contribution in [2.24, 2.45) is 4.99 Å². The molecule has 1 aliphatic heterocycles. The van der Waals surface area contributed by atoms with E-state index in [1.54, 1.807) is 11.8 Å². The standard InChI is InChI=1S/C9H18N2OS/c1-8(2)7(13-6-5-12)10-9(3,4)11-8/h11-12H,5-6H2,1-4H3. The first-order valence-electron chi connectivity index (χ1n) is 4.51. The number of aliphatic imine (C=N–C) groups is 1. The maximum Gasteiger partial charge on any atom is 0.106 e. The van der Waals surface area contributed by atoms with Gasteiger partial charge in [-0.25, -0.2) is 0 Å². The number of hydrogen-bond donors (Lipinski definition) is 2. The van der Waals surface area contributed by atoms with E-state index < -0.39 is 0 Å². The van der Waals surface area contributed by atoms with Crippen LogP contribution in [0.2, 0.25) is 0 Å². The molecule has 3 nitrogen and oxygen atoms in total. The van der Waals surface area contributed by atoms with Gasteiger partial charge >= 0.3 is 0 Å². The Morgan fingerprint density at radius 3 is 2.38 bits per heavy atom. The molecule has 0 spiro atoms. The van der Waals surface area contributed by atoms with E-state index in [4.69, 9.17) is 5.11 Å². The van der Waals surface area contributed by atoms with E-state index in [0.29, 0.717) is 0 Å². The quantitative estimate of drug-likeness (QED) is 0.708. The van der Waals surface area contributed by atoms with Crippen LogP contribution in [0.3, 0.4) is 0 Å². The van der Waals surface area contributed by atoms with Crippen LogP contribution in [0.5, 0.6) is 0 Å². The van der Waals surface area contributed by atoms with Crippen LogP contribution in [-0.2, 0) is 0 Å². The van der Waals surface area contributed by atoms with Crippen molar-refractivity contribution in [2.45, 2.75) is 38.9 Å². The molecule has 0 amide bonds. The number of aliphatic hydroxyl groups excluding tert-OH is 1. The van der Waals surface area contributed by atoms with Crippen molar-refractivity contribution in [2.75, 3.05) is 12.4 Å². The van der Waals surface area contributed by atoms with Crippen LogP contribution in [-0.4, -0.2) is 33.7 Å². The smallest absolute Gasteiger partial charge is 0.106 e. The minimum absolute atomic E-state index is 0.0522. The number of nitrogens with zero attached hydrogens (tertiary/aromatic N) is 1. The van der Waals surface area contributed by atoms with E-state index in [0.717, 1.165) is 10.8 Å². The fourth-order valence-electron chi connectivity index (χ4n) is 1.59. The van der Waals surface area contributed by atoms with Gasteiger partial charge in [-0.05, 0) is 27.7 Å². The van der Waals surface area contributed by atoms with Crippen molar-refractivity contribution in [3.63, 3.8) is 0 Å². The van der Waals surface area contributed by atoms with Gasteiger partial charge in [0.05, 0.1) is 17.2 Å². The number of thioether (sulfide) groups is 1. The van der Waals surface area contributed by atoms with Crippen LogP contribution < -0.4 is 5.32 Å². The molecule has 4 heteroatoms. The Kier molecular flexibility index (Phi) is 3.05. The van der Waals surface area contributed by atoms with Crippen LogP contribution in [0.25, 0.3) is 0 Å². The van der Waals surface area contributed by atoms with Crippen LogP contribution >= 0.6 is 11.8 Å². The molecule has 1 rings (SSSR count). The predicted octanol–water partition coefficient (Wildman–Crippen LogP) is 1.23. The van der Waals surface area contributed by atoms with E-state index in [1.807, 2.05) is 0 Å². The maximum atomic E-state index is 8.73. The highest BCUT2D eigenvalue weighted by molar-refractivity contribution is 8.14. The molecule has 0 radical (unpaired) electrons. The molecule has 0 fully saturated rings. The summed E-state index contributed by atoms with van der Waals surface area (Å²) in [6.07, 6.45) is 0. The summed E-state index contributed by atoms with van der Waals surface area (Å²) < 4.78 is 0. The molecule has 1 aliphatic rings. The summed E-state index contributed by atoms with van der Waals surface area (Å²) in [5.74, 6) is 0.722. The van der Waals surface area contributed by atoms with Crippen molar-refractivity contribution >= 4 is 16.8 Å². The summed E-state index contributed by atoms with van der Waals surface area (Å²) in [6, 6.07) is 0. The molecular weight excluding hydrogens is 184 g/mol. The molecule has 0 atom stereocenters. The minimum Gasteiger partial charge on any atom is -0.396 e. The summed E-state index contributed by atoms with van der Waals surface area (Å²) in [4.78, 5) is 4.57. The number of rotatable bonds is 2. The summed E-state index contributed by atoms with van der Waals surface area (Å²) in [5.41, 5.74) is -0.218. The lowest BCUT2D eigenvalue weighted by atomic mass is 10.1. The molecule has 0 unspecified atom stereocenters. The molecule has 1 heterocycles. The first-order valence-corrected chi connectivity index (χ1v) is 5.49. The SMILES string of the molecule is CC1(C)N=C(SCCO)C(C)(C)N1.